The summed E-state index contributed by atoms with van der Waals surface area (Å²) >= 11 is 0. The fourth-order valence-electron chi connectivity index (χ4n) is 3.37. The quantitative estimate of drug-likeness (QED) is 0.527. The van der Waals surface area contributed by atoms with E-state index in [1.807, 2.05) is 0 Å². The number of aromatic hydroxyl groups is 3. The van der Waals surface area contributed by atoms with Crippen LogP contribution < -0.4 is 9.47 Å². The molecule has 144 valence electrons. The lowest BCUT2D eigenvalue weighted by Gasteiger charge is -2.17. The van der Waals surface area contributed by atoms with Gasteiger partial charge in [0.2, 0.25) is 5.75 Å². The number of cyclic esters (lactones) is 1. The molecule has 27 heavy (non-hydrogen) atoms. The van der Waals surface area contributed by atoms with E-state index >= 15 is 0 Å². The summed E-state index contributed by atoms with van der Waals surface area (Å²) in [5.41, 5.74) is 1.59. The molecule has 1 fully saturated rings. The van der Waals surface area contributed by atoms with Crippen molar-refractivity contribution in [2.45, 2.75) is 12.8 Å². The van der Waals surface area contributed by atoms with Gasteiger partial charge in [0, 0.05) is 5.92 Å². The third-order valence-electron chi connectivity index (χ3n) is 4.84. The number of phenols is 3. The van der Waals surface area contributed by atoms with Gasteiger partial charge in [0.25, 0.3) is 0 Å². The molecule has 1 saturated heterocycles. The average molecular weight is 374 g/mol. The van der Waals surface area contributed by atoms with E-state index in [-0.39, 0.29) is 53.2 Å². The normalized spacial score (nSPS) is 19.0. The first kappa shape index (κ1) is 18.7. The number of benzene rings is 2. The van der Waals surface area contributed by atoms with Crippen LogP contribution in [0.25, 0.3) is 0 Å². The van der Waals surface area contributed by atoms with Crippen LogP contribution >= 0.6 is 0 Å². The molecule has 3 rings (SSSR count). The molecule has 0 spiro atoms. The van der Waals surface area contributed by atoms with Gasteiger partial charge < -0.3 is 29.5 Å². The molecule has 7 heteroatoms. The minimum atomic E-state index is -0.375. The van der Waals surface area contributed by atoms with E-state index in [0.29, 0.717) is 12.8 Å². The molecule has 7 nitrogen and oxygen atoms in total. The number of hydrogen-bond donors (Lipinski definition) is 3. The lowest BCUT2D eigenvalue weighted by molar-refractivity contribution is -0.141. The minimum absolute atomic E-state index is 0.0766. The zero-order chi connectivity index (χ0) is 19.6. The van der Waals surface area contributed by atoms with Gasteiger partial charge in [0.1, 0.15) is 0 Å². The number of hydrogen-bond acceptors (Lipinski definition) is 7. The Labute approximate surface area is 156 Å². The largest absolute Gasteiger partial charge is 0.504 e. The molecule has 0 unspecified atom stereocenters. The van der Waals surface area contributed by atoms with E-state index < -0.39 is 0 Å². The molecule has 1 heterocycles. The first-order valence-electron chi connectivity index (χ1n) is 8.54. The van der Waals surface area contributed by atoms with Crippen LogP contribution in [0, 0.1) is 11.8 Å². The SMILES string of the molecule is COc1cc(C[C@H]2C(=O)OC[C@@H]2Cc2ccc(O)c(O)c2)cc(OC)c1O. The second-order valence-electron chi connectivity index (χ2n) is 6.58. The highest BCUT2D eigenvalue weighted by molar-refractivity contribution is 5.75. The van der Waals surface area contributed by atoms with Crippen molar-refractivity contribution in [1.82, 2.24) is 0 Å². The van der Waals surface area contributed by atoms with E-state index in [1.165, 1.54) is 26.4 Å². The van der Waals surface area contributed by atoms with Crippen LogP contribution in [0.15, 0.2) is 30.3 Å². The standard InChI is InChI=1S/C20H22O7/c1-25-17-8-12(9-18(26-2)19(17)23)6-14-13(10-27-20(14)24)5-11-3-4-15(21)16(22)7-11/h3-4,7-9,13-14,21-23H,5-6,10H2,1-2H3/t13-,14+/m0/s1. The first-order chi connectivity index (χ1) is 12.9. The lowest BCUT2D eigenvalue weighted by atomic mass is 9.85. The van der Waals surface area contributed by atoms with Crippen LogP contribution in [0.4, 0.5) is 0 Å². The van der Waals surface area contributed by atoms with Gasteiger partial charge in [-0.15, -0.1) is 0 Å². The van der Waals surface area contributed by atoms with E-state index in [0.717, 1.165) is 11.1 Å². The van der Waals surface area contributed by atoms with Gasteiger partial charge in [-0.2, -0.15) is 0 Å². The number of carbonyl (C=O) groups is 1. The van der Waals surface area contributed by atoms with Gasteiger partial charge in [0.15, 0.2) is 23.0 Å². The van der Waals surface area contributed by atoms with Crippen molar-refractivity contribution in [2.24, 2.45) is 11.8 Å². The first-order valence-corrected chi connectivity index (χ1v) is 8.54. The second kappa shape index (κ2) is 7.65. The second-order valence-corrected chi connectivity index (χ2v) is 6.58. The Hall–Kier alpha value is -3.09. The summed E-state index contributed by atoms with van der Waals surface area (Å²) in [5, 5.41) is 29.1. The zero-order valence-corrected chi connectivity index (χ0v) is 15.1. The molecule has 0 amide bonds. The van der Waals surface area contributed by atoms with Crippen molar-refractivity contribution in [3.63, 3.8) is 0 Å². The molecule has 0 saturated carbocycles. The van der Waals surface area contributed by atoms with E-state index in [9.17, 15) is 20.1 Å². The molecule has 0 aromatic heterocycles. The minimum Gasteiger partial charge on any atom is -0.504 e. The summed E-state index contributed by atoms with van der Waals surface area (Å²) < 4.78 is 15.6. The number of carbonyl (C=O) groups excluding carboxylic acids is 1. The van der Waals surface area contributed by atoms with Gasteiger partial charge >= 0.3 is 5.97 Å². The summed E-state index contributed by atoms with van der Waals surface area (Å²) in [6, 6.07) is 7.97. The Bertz CT molecular complexity index is 821. The molecule has 2 aromatic rings. The van der Waals surface area contributed by atoms with Crippen LogP contribution in [0.5, 0.6) is 28.7 Å². The number of methoxy groups -OCH3 is 2. The number of ether oxygens (including phenoxy) is 3. The summed E-state index contributed by atoms with van der Waals surface area (Å²) in [6.07, 6.45) is 0.928. The van der Waals surface area contributed by atoms with Crippen LogP contribution in [-0.4, -0.2) is 42.1 Å². The molecule has 1 aliphatic heterocycles. The highest BCUT2D eigenvalue weighted by atomic mass is 16.5. The van der Waals surface area contributed by atoms with Crippen molar-refractivity contribution in [1.29, 1.82) is 0 Å². The van der Waals surface area contributed by atoms with E-state index in [4.69, 9.17) is 14.2 Å². The molecule has 0 radical (unpaired) electrons. The molecule has 2 atom stereocenters. The van der Waals surface area contributed by atoms with E-state index in [2.05, 4.69) is 0 Å². The number of rotatable bonds is 6. The molecule has 0 aliphatic carbocycles. The van der Waals surface area contributed by atoms with Crippen molar-refractivity contribution in [3.8, 4) is 28.7 Å². The van der Waals surface area contributed by atoms with Crippen molar-refractivity contribution < 1.29 is 34.3 Å². The molecular formula is C20H22O7. The smallest absolute Gasteiger partial charge is 0.309 e. The Morgan fingerprint density at radius 3 is 2.22 bits per heavy atom. The Morgan fingerprint density at radius 1 is 0.963 bits per heavy atom. The topological polar surface area (TPSA) is 105 Å². The van der Waals surface area contributed by atoms with Crippen molar-refractivity contribution in [2.75, 3.05) is 20.8 Å². The van der Waals surface area contributed by atoms with Crippen molar-refractivity contribution >= 4 is 5.97 Å². The molecule has 1 aliphatic rings. The van der Waals surface area contributed by atoms with Gasteiger partial charge in [0.05, 0.1) is 26.7 Å². The Balaban J connectivity index is 1.81. The molecule has 2 aromatic carbocycles. The Kier molecular flexibility index (Phi) is 5.30. The maximum absolute atomic E-state index is 12.3. The lowest BCUT2D eigenvalue weighted by Crippen LogP contribution is -2.20. The van der Waals surface area contributed by atoms with Crippen LogP contribution in [0.3, 0.4) is 0 Å². The molecule has 0 bridgehead atoms. The predicted octanol–water partition coefficient (Wildman–Crippen LogP) is 2.40. The van der Waals surface area contributed by atoms with Gasteiger partial charge in [-0.25, -0.2) is 0 Å². The third-order valence-corrected chi connectivity index (χ3v) is 4.84. The maximum atomic E-state index is 12.3. The van der Waals surface area contributed by atoms with Crippen LogP contribution in [0.1, 0.15) is 11.1 Å². The van der Waals surface area contributed by atoms with Gasteiger partial charge in [-0.3, -0.25) is 4.79 Å². The zero-order valence-electron chi connectivity index (χ0n) is 15.1. The average Bonchev–Trinajstić information content (AvgIpc) is 2.99. The summed E-state index contributed by atoms with van der Waals surface area (Å²) in [5.74, 6) is -0.652. The van der Waals surface area contributed by atoms with Crippen LogP contribution in [-0.2, 0) is 22.4 Å². The molecular weight excluding hydrogens is 352 g/mol. The summed E-state index contributed by atoms with van der Waals surface area (Å²) in [4.78, 5) is 12.3. The monoisotopic (exact) mass is 374 g/mol. The maximum Gasteiger partial charge on any atom is 0.309 e. The predicted molar refractivity (Wildman–Crippen MR) is 96.3 cm³/mol. The van der Waals surface area contributed by atoms with Crippen LogP contribution in [0.2, 0.25) is 0 Å². The third kappa shape index (κ3) is 3.86. The fraction of sp³-hybridized carbons (Fsp3) is 0.350. The summed E-state index contributed by atoms with van der Waals surface area (Å²) in [6.45, 7) is 0.289. The fourth-order valence-corrected chi connectivity index (χ4v) is 3.37. The van der Waals surface area contributed by atoms with E-state index in [1.54, 1.807) is 18.2 Å². The summed E-state index contributed by atoms with van der Waals surface area (Å²) in [7, 11) is 2.89. The Morgan fingerprint density at radius 2 is 1.63 bits per heavy atom. The number of esters is 1. The van der Waals surface area contributed by atoms with Crippen molar-refractivity contribution in [3.05, 3.63) is 41.5 Å². The molecule has 3 N–H and O–H groups in total. The highest BCUT2D eigenvalue weighted by Crippen LogP contribution is 2.39. The van der Waals surface area contributed by atoms with Gasteiger partial charge in [-0.05, 0) is 48.2 Å². The number of phenolic OH excluding ortho intramolecular Hbond substituents is 3. The van der Waals surface area contributed by atoms with Gasteiger partial charge in [-0.1, -0.05) is 6.07 Å². The highest BCUT2D eigenvalue weighted by Gasteiger charge is 2.37.